The van der Waals surface area contributed by atoms with Crippen molar-refractivity contribution in [3.8, 4) is 0 Å². The maximum Gasteiger partial charge on any atom is 0.156 e. The van der Waals surface area contributed by atoms with Gasteiger partial charge in [-0.1, -0.05) is 6.92 Å². The summed E-state index contributed by atoms with van der Waals surface area (Å²) in [6.07, 6.45) is 6.15. The van der Waals surface area contributed by atoms with E-state index in [-0.39, 0.29) is 5.78 Å². The Morgan fingerprint density at radius 1 is 1.50 bits per heavy atom. The summed E-state index contributed by atoms with van der Waals surface area (Å²) in [6, 6.07) is 1.99. The Morgan fingerprint density at radius 3 is 3.00 bits per heavy atom. The van der Waals surface area contributed by atoms with E-state index in [1.54, 1.807) is 12.3 Å². The number of hydrogen-bond acceptors (Lipinski definition) is 2. The third kappa shape index (κ3) is 1.62. The smallest absolute Gasteiger partial charge is 0.156 e. The Morgan fingerprint density at radius 2 is 2.36 bits per heavy atom. The van der Waals surface area contributed by atoms with E-state index in [0.29, 0.717) is 6.42 Å². The third-order valence-corrected chi connectivity index (χ3v) is 2.46. The molecule has 0 amide bonds. The molecule has 1 aromatic rings. The van der Waals surface area contributed by atoms with Gasteiger partial charge in [-0.15, -0.1) is 0 Å². The van der Waals surface area contributed by atoms with Crippen LogP contribution < -0.4 is 0 Å². The highest BCUT2D eigenvalue weighted by Gasteiger charge is 2.16. The molecule has 2 rings (SSSR count). The second kappa shape index (κ2) is 3.78. The van der Waals surface area contributed by atoms with Crippen LogP contribution in [0.5, 0.6) is 0 Å². The first kappa shape index (κ1) is 9.19. The fraction of sp³-hybridized carbons (Fsp3) is 0.455. The molecular formula is C11H14N2O. The maximum absolute atomic E-state index is 11.1. The van der Waals surface area contributed by atoms with E-state index in [0.717, 1.165) is 30.7 Å². The minimum Gasteiger partial charge on any atom is -0.295 e. The largest absolute Gasteiger partial charge is 0.295 e. The van der Waals surface area contributed by atoms with Crippen LogP contribution in [0.2, 0.25) is 0 Å². The standard InChI is InChI=1S/C11H14N2O/c1-2-7-13-11(5-6-12-13)9-3-4-10(14)8-9/h5-6,8H,2-4,7H2,1H3. The minimum atomic E-state index is 0.240. The second-order valence-electron chi connectivity index (χ2n) is 3.58. The van der Waals surface area contributed by atoms with Crippen LogP contribution in [0.4, 0.5) is 0 Å². The lowest BCUT2D eigenvalue weighted by Crippen LogP contribution is -2.02. The molecule has 0 radical (unpaired) electrons. The highest BCUT2D eigenvalue weighted by atomic mass is 16.1. The van der Waals surface area contributed by atoms with Crippen LogP contribution in [-0.2, 0) is 11.3 Å². The molecule has 3 nitrogen and oxygen atoms in total. The SMILES string of the molecule is CCCn1nccc1C1=CC(=O)CC1. The molecule has 0 saturated heterocycles. The number of allylic oxidation sites excluding steroid dienone is 2. The van der Waals surface area contributed by atoms with Gasteiger partial charge in [-0.3, -0.25) is 9.48 Å². The van der Waals surface area contributed by atoms with E-state index < -0.39 is 0 Å². The van der Waals surface area contributed by atoms with Crippen molar-refractivity contribution in [1.29, 1.82) is 0 Å². The molecule has 14 heavy (non-hydrogen) atoms. The van der Waals surface area contributed by atoms with Crippen molar-refractivity contribution in [1.82, 2.24) is 9.78 Å². The van der Waals surface area contributed by atoms with E-state index in [4.69, 9.17) is 0 Å². The van der Waals surface area contributed by atoms with E-state index >= 15 is 0 Å². The Hall–Kier alpha value is -1.38. The molecule has 0 unspecified atom stereocenters. The number of carbonyl (C=O) groups excluding carboxylic acids is 1. The summed E-state index contributed by atoms with van der Waals surface area (Å²) >= 11 is 0. The van der Waals surface area contributed by atoms with Crippen LogP contribution >= 0.6 is 0 Å². The Labute approximate surface area is 83.4 Å². The van der Waals surface area contributed by atoms with Crippen LogP contribution in [0.15, 0.2) is 18.3 Å². The first-order valence-corrected chi connectivity index (χ1v) is 5.07. The number of ketones is 1. The molecule has 0 aliphatic heterocycles. The summed E-state index contributed by atoms with van der Waals surface area (Å²) in [7, 11) is 0. The Kier molecular flexibility index (Phi) is 2.48. The van der Waals surface area contributed by atoms with Gasteiger partial charge in [-0.2, -0.15) is 5.10 Å². The molecule has 74 valence electrons. The highest BCUT2D eigenvalue weighted by Crippen LogP contribution is 2.25. The fourth-order valence-electron chi connectivity index (χ4n) is 1.79. The van der Waals surface area contributed by atoms with E-state index in [2.05, 4.69) is 12.0 Å². The van der Waals surface area contributed by atoms with Gasteiger partial charge in [0.1, 0.15) is 0 Å². The predicted octanol–water partition coefficient (Wildman–Crippen LogP) is 2.04. The molecule has 3 heteroatoms. The van der Waals surface area contributed by atoms with Crippen LogP contribution in [0.25, 0.3) is 5.57 Å². The first-order chi connectivity index (χ1) is 6.81. The number of nitrogens with zero attached hydrogens (tertiary/aromatic N) is 2. The average molecular weight is 190 g/mol. The van der Waals surface area contributed by atoms with Gasteiger partial charge in [0.25, 0.3) is 0 Å². The monoisotopic (exact) mass is 190 g/mol. The van der Waals surface area contributed by atoms with Gasteiger partial charge in [-0.25, -0.2) is 0 Å². The molecule has 0 aromatic carbocycles. The topological polar surface area (TPSA) is 34.9 Å². The molecule has 0 bridgehead atoms. The van der Waals surface area contributed by atoms with Gasteiger partial charge in [0.05, 0.1) is 5.69 Å². The number of hydrogen-bond donors (Lipinski definition) is 0. The predicted molar refractivity (Wildman–Crippen MR) is 54.7 cm³/mol. The second-order valence-corrected chi connectivity index (χ2v) is 3.58. The van der Waals surface area contributed by atoms with Gasteiger partial charge < -0.3 is 0 Å². The van der Waals surface area contributed by atoms with Crippen molar-refractivity contribution in [2.75, 3.05) is 0 Å². The number of aromatic nitrogens is 2. The first-order valence-electron chi connectivity index (χ1n) is 5.07. The van der Waals surface area contributed by atoms with Gasteiger partial charge in [0, 0.05) is 19.2 Å². The lowest BCUT2D eigenvalue weighted by molar-refractivity contribution is -0.114. The van der Waals surface area contributed by atoms with Crippen molar-refractivity contribution < 1.29 is 4.79 Å². The van der Waals surface area contributed by atoms with Gasteiger partial charge in [-0.05, 0) is 30.6 Å². The van der Waals surface area contributed by atoms with Crippen molar-refractivity contribution in [3.05, 3.63) is 24.0 Å². The average Bonchev–Trinajstić information content (AvgIpc) is 2.74. The lowest BCUT2D eigenvalue weighted by atomic mass is 10.1. The fourth-order valence-corrected chi connectivity index (χ4v) is 1.79. The van der Waals surface area contributed by atoms with Crippen molar-refractivity contribution in [2.24, 2.45) is 0 Å². The van der Waals surface area contributed by atoms with E-state index in [9.17, 15) is 4.79 Å². The highest BCUT2D eigenvalue weighted by molar-refractivity contribution is 6.01. The maximum atomic E-state index is 11.1. The molecule has 1 aromatic heterocycles. The summed E-state index contributed by atoms with van der Waals surface area (Å²) in [5, 5.41) is 4.24. The number of carbonyl (C=O) groups is 1. The zero-order chi connectivity index (χ0) is 9.97. The number of aryl methyl sites for hydroxylation is 1. The van der Waals surface area contributed by atoms with E-state index in [1.165, 1.54) is 0 Å². The van der Waals surface area contributed by atoms with Crippen LogP contribution in [0, 0.1) is 0 Å². The van der Waals surface area contributed by atoms with Gasteiger partial charge in [0.2, 0.25) is 0 Å². The van der Waals surface area contributed by atoms with Gasteiger partial charge in [0.15, 0.2) is 5.78 Å². The quantitative estimate of drug-likeness (QED) is 0.731. The molecule has 0 N–H and O–H groups in total. The number of rotatable bonds is 3. The molecule has 0 spiro atoms. The van der Waals surface area contributed by atoms with Crippen molar-refractivity contribution >= 4 is 11.4 Å². The normalized spacial score (nSPS) is 16.1. The van der Waals surface area contributed by atoms with E-state index in [1.807, 2.05) is 10.7 Å². The molecule has 1 heterocycles. The van der Waals surface area contributed by atoms with Crippen LogP contribution in [0.1, 0.15) is 31.9 Å². The summed E-state index contributed by atoms with van der Waals surface area (Å²) in [4.78, 5) is 11.1. The van der Waals surface area contributed by atoms with Crippen LogP contribution in [0.3, 0.4) is 0 Å². The Bertz CT molecular complexity index is 376. The van der Waals surface area contributed by atoms with Crippen molar-refractivity contribution in [2.45, 2.75) is 32.7 Å². The molecule has 0 fully saturated rings. The molecule has 0 atom stereocenters. The zero-order valence-corrected chi connectivity index (χ0v) is 8.36. The van der Waals surface area contributed by atoms with Crippen LogP contribution in [-0.4, -0.2) is 15.6 Å². The zero-order valence-electron chi connectivity index (χ0n) is 8.36. The summed E-state index contributed by atoms with van der Waals surface area (Å²) in [5.74, 6) is 0.240. The summed E-state index contributed by atoms with van der Waals surface area (Å²) < 4.78 is 1.98. The minimum absolute atomic E-state index is 0.240. The Balaban J connectivity index is 2.27. The van der Waals surface area contributed by atoms with Crippen molar-refractivity contribution in [3.63, 3.8) is 0 Å². The summed E-state index contributed by atoms with van der Waals surface area (Å²) in [5.41, 5.74) is 2.25. The van der Waals surface area contributed by atoms with Gasteiger partial charge >= 0.3 is 0 Å². The lowest BCUT2D eigenvalue weighted by Gasteiger charge is -2.05. The molecule has 1 aliphatic rings. The molecule has 0 saturated carbocycles. The molecular weight excluding hydrogens is 176 g/mol. The third-order valence-electron chi connectivity index (χ3n) is 2.46. The molecule has 1 aliphatic carbocycles. The summed E-state index contributed by atoms with van der Waals surface area (Å²) in [6.45, 7) is 3.05.